The molecule has 1 aliphatic rings. The molecular formula is C14H20N4O3. The van der Waals surface area contributed by atoms with Gasteiger partial charge in [0, 0.05) is 38.9 Å². The summed E-state index contributed by atoms with van der Waals surface area (Å²) < 4.78 is 0. The van der Waals surface area contributed by atoms with Gasteiger partial charge < -0.3 is 15.7 Å². The lowest BCUT2D eigenvalue weighted by molar-refractivity contribution is -0.142. The zero-order valence-electron chi connectivity index (χ0n) is 11.8. The van der Waals surface area contributed by atoms with Crippen molar-refractivity contribution in [1.82, 2.24) is 14.8 Å². The standard InChI is InChI=1S/C14H20N4O3/c15-12(9-13(19)20)14(21)18-7-5-17(6-8-18)10-11-3-1-2-4-16-11/h1-4,12H,5-10,15H2,(H,19,20). The van der Waals surface area contributed by atoms with Crippen LogP contribution in [0.1, 0.15) is 12.1 Å². The SMILES string of the molecule is NC(CC(=O)O)C(=O)N1CCN(Cc2ccccn2)CC1. The van der Waals surface area contributed by atoms with Gasteiger partial charge in [-0.05, 0) is 12.1 Å². The van der Waals surface area contributed by atoms with Crippen LogP contribution in [-0.4, -0.2) is 64.0 Å². The Morgan fingerprint density at radius 3 is 2.57 bits per heavy atom. The molecule has 0 aromatic carbocycles. The molecule has 1 atom stereocenters. The average Bonchev–Trinajstić information content (AvgIpc) is 2.47. The largest absolute Gasteiger partial charge is 0.481 e. The maximum absolute atomic E-state index is 12.0. The number of nitrogens with zero attached hydrogens (tertiary/aromatic N) is 3. The number of piperazine rings is 1. The number of aromatic nitrogens is 1. The van der Waals surface area contributed by atoms with E-state index in [2.05, 4.69) is 9.88 Å². The van der Waals surface area contributed by atoms with Crippen molar-refractivity contribution in [2.45, 2.75) is 19.0 Å². The fraction of sp³-hybridized carbons (Fsp3) is 0.500. The third-order valence-corrected chi connectivity index (χ3v) is 3.51. The highest BCUT2D eigenvalue weighted by Crippen LogP contribution is 2.08. The summed E-state index contributed by atoms with van der Waals surface area (Å²) in [5.74, 6) is -1.33. The zero-order valence-corrected chi connectivity index (χ0v) is 11.8. The molecule has 114 valence electrons. The first-order valence-corrected chi connectivity index (χ1v) is 6.94. The number of hydrogen-bond acceptors (Lipinski definition) is 5. The molecule has 2 rings (SSSR count). The minimum absolute atomic E-state index is 0.283. The third-order valence-electron chi connectivity index (χ3n) is 3.51. The molecule has 3 N–H and O–H groups in total. The number of amides is 1. The van der Waals surface area contributed by atoms with E-state index in [9.17, 15) is 9.59 Å². The van der Waals surface area contributed by atoms with Crippen LogP contribution in [0.25, 0.3) is 0 Å². The Morgan fingerprint density at radius 1 is 1.29 bits per heavy atom. The predicted octanol–water partition coefficient (Wildman–Crippen LogP) is -0.472. The molecule has 2 heterocycles. The number of aliphatic carboxylic acids is 1. The smallest absolute Gasteiger partial charge is 0.305 e. The summed E-state index contributed by atoms with van der Waals surface area (Å²) >= 11 is 0. The summed E-state index contributed by atoms with van der Waals surface area (Å²) in [6.45, 7) is 3.37. The van der Waals surface area contributed by atoms with E-state index >= 15 is 0 Å². The van der Waals surface area contributed by atoms with Gasteiger partial charge in [-0.2, -0.15) is 0 Å². The molecule has 1 amide bonds. The van der Waals surface area contributed by atoms with E-state index in [1.807, 2.05) is 18.2 Å². The Hall–Kier alpha value is -1.99. The van der Waals surface area contributed by atoms with Gasteiger partial charge in [0.05, 0.1) is 18.2 Å². The molecule has 7 heteroatoms. The number of carbonyl (C=O) groups is 2. The van der Waals surface area contributed by atoms with Crippen molar-refractivity contribution in [1.29, 1.82) is 0 Å². The van der Waals surface area contributed by atoms with Gasteiger partial charge in [-0.3, -0.25) is 19.5 Å². The maximum atomic E-state index is 12.0. The van der Waals surface area contributed by atoms with Gasteiger partial charge in [0.1, 0.15) is 0 Å². The summed E-state index contributed by atoms with van der Waals surface area (Å²) in [4.78, 5) is 30.7. The van der Waals surface area contributed by atoms with E-state index in [0.29, 0.717) is 13.1 Å². The molecule has 1 saturated heterocycles. The quantitative estimate of drug-likeness (QED) is 0.761. The molecule has 1 aromatic rings. The van der Waals surface area contributed by atoms with Gasteiger partial charge >= 0.3 is 5.97 Å². The number of carboxylic acids is 1. The molecule has 1 fully saturated rings. The van der Waals surface area contributed by atoms with E-state index in [0.717, 1.165) is 25.3 Å². The van der Waals surface area contributed by atoms with Gasteiger partial charge in [-0.25, -0.2) is 0 Å². The first kappa shape index (κ1) is 15.4. The van der Waals surface area contributed by atoms with Crippen molar-refractivity contribution in [3.8, 4) is 0 Å². The molecule has 0 saturated carbocycles. The second-order valence-electron chi connectivity index (χ2n) is 5.13. The highest BCUT2D eigenvalue weighted by atomic mass is 16.4. The number of rotatable bonds is 5. The molecule has 0 bridgehead atoms. The topological polar surface area (TPSA) is 99.8 Å². The van der Waals surface area contributed by atoms with Gasteiger partial charge in [0.25, 0.3) is 0 Å². The molecule has 1 unspecified atom stereocenters. The molecule has 1 aromatic heterocycles. The Balaban J connectivity index is 1.80. The Morgan fingerprint density at radius 2 is 2.00 bits per heavy atom. The predicted molar refractivity (Wildman–Crippen MR) is 76.3 cm³/mol. The van der Waals surface area contributed by atoms with Crippen molar-refractivity contribution in [3.05, 3.63) is 30.1 Å². The van der Waals surface area contributed by atoms with Crippen molar-refractivity contribution in [2.75, 3.05) is 26.2 Å². The molecule has 0 radical (unpaired) electrons. The van der Waals surface area contributed by atoms with Crippen LogP contribution in [0.3, 0.4) is 0 Å². The normalized spacial score (nSPS) is 17.5. The second kappa shape index (κ2) is 7.14. The number of carboxylic acid groups (broad SMARTS) is 1. The molecule has 7 nitrogen and oxygen atoms in total. The van der Waals surface area contributed by atoms with Crippen LogP contribution >= 0.6 is 0 Å². The van der Waals surface area contributed by atoms with Crippen LogP contribution in [0.2, 0.25) is 0 Å². The summed E-state index contributed by atoms with van der Waals surface area (Å²) in [5, 5.41) is 8.67. The van der Waals surface area contributed by atoms with E-state index < -0.39 is 12.0 Å². The zero-order chi connectivity index (χ0) is 15.2. The van der Waals surface area contributed by atoms with E-state index in [-0.39, 0.29) is 12.3 Å². The fourth-order valence-electron chi connectivity index (χ4n) is 2.36. The van der Waals surface area contributed by atoms with Crippen molar-refractivity contribution < 1.29 is 14.7 Å². The first-order valence-electron chi connectivity index (χ1n) is 6.94. The van der Waals surface area contributed by atoms with Gasteiger partial charge in [-0.1, -0.05) is 6.07 Å². The van der Waals surface area contributed by atoms with Crippen molar-refractivity contribution in [2.24, 2.45) is 5.73 Å². The Bertz CT molecular complexity index is 486. The van der Waals surface area contributed by atoms with Gasteiger partial charge in [0.15, 0.2) is 0 Å². The van der Waals surface area contributed by atoms with Crippen LogP contribution in [0, 0.1) is 0 Å². The van der Waals surface area contributed by atoms with Crippen LogP contribution in [0.5, 0.6) is 0 Å². The Kier molecular flexibility index (Phi) is 5.24. The minimum Gasteiger partial charge on any atom is -0.481 e. The van der Waals surface area contributed by atoms with Crippen LogP contribution in [0.15, 0.2) is 24.4 Å². The molecule has 21 heavy (non-hydrogen) atoms. The molecule has 1 aliphatic heterocycles. The summed E-state index contributed by atoms with van der Waals surface area (Å²) in [6.07, 6.45) is 1.44. The highest BCUT2D eigenvalue weighted by Gasteiger charge is 2.26. The van der Waals surface area contributed by atoms with Crippen molar-refractivity contribution >= 4 is 11.9 Å². The summed E-state index contributed by atoms with van der Waals surface area (Å²) in [5.41, 5.74) is 6.61. The van der Waals surface area contributed by atoms with E-state index in [4.69, 9.17) is 10.8 Å². The number of pyridine rings is 1. The van der Waals surface area contributed by atoms with Gasteiger partial charge in [0.2, 0.25) is 5.91 Å². The second-order valence-corrected chi connectivity index (χ2v) is 5.13. The van der Waals surface area contributed by atoms with Crippen LogP contribution < -0.4 is 5.73 Å². The summed E-state index contributed by atoms with van der Waals surface area (Å²) in [6, 6.07) is 4.85. The van der Waals surface area contributed by atoms with Crippen LogP contribution in [-0.2, 0) is 16.1 Å². The van der Waals surface area contributed by atoms with Crippen LogP contribution in [0.4, 0.5) is 0 Å². The molecular weight excluding hydrogens is 272 g/mol. The number of hydrogen-bond donors (Lipinski definition) is 2. The van der Waals surface area contributed by atoms with Crippen molar-refractivity contribution in [3.63, 3.8) is 0 Å². The number of carbonyl (C=O) groups excluding carboxylic acids is 1. The Labute approximate surface area is 123 Å². The van der Waals surface area contributed by atoms with E-state index in [1.54, 1.807) is 11.1 Å². The maximum Gasteiger partial charge on any atom is 0.305 e. The lowest BCUT2D eigenvalue weighted by atomic mass is 10.1. The molecule has 0 spiro atoms. The lowest BCUT2D eigenvalue weighted by Gasteiger charge is -2.35. The van der Waals surface area contributed by atoms with E-state index in [1.165, 1.54) is 0 Å². The minimum atomic E-state index is -1.05. The molecule has 0 aliphatic carbocycles. The third kappa shape index (κ3) is 4.51. The highest BCUT2D eigenvalue weighted by molar-refractivity contribution is 5.86. The monoisotopic (exact) mass is 292 g/mol. The lowest BCUT2D eigenvalue weighted by Crippen LogP contribution is -2.53. The average molecular weight is 292 g/mol. The summed E-state index contributed by atoms with van der Waals surface area (Å²) in [7, 11) is 0. The first-order chi connectivity index (χ1) is 10.1. The van der Waals surface area contributed by atoms with Gasteiger partial charge in [-0.15, -0.1) is 0 Å². The number of nitrogens with two attached hydrogens (primary N) is 1. The fourth-order valence-corrected chi connectivity index (χ4v) is 2.36.